The average molecular weight is 499 g/mol. The first-order valence-corrected chi connectivity index (χ1v) is 11.8. The van der Waals surface area contributed by atoms with Crippen molar-refractivity contribution in [2.75, 3.05) is 13.2 Å². The zero-order valence-electron chi connectivity index (χ0n) is 20.4. The van der Waals surface area contributed by atoms with Gasteiger partial charge in [0, 0.05) is 6.08 Å². The lowest BCUT2D eigenvalue weighted by Crippen LogP contribution is -2.62. The number of benzene rings is 2. The molecule has 1 saturated heterocycles. The second-order valence-electron chi connectivity index (χ2n) is 8.68. The van der Waals surface area contributed by atoms with Gasteiger partial charge in [0.2, 0.25) is 5.91 Å². The molecule has 1 fully saturated rings. The van der Waals surface area contributed by atoms with Crippen LogP contribution in [0.4, 0.5) is 4.79 Å². The fourth-order valence-corrected chi connectivity index (χ4v) is 4.78. The standard InChI is InChI=1S/C29H26N2O6/c1-4-13-35-28(33)26-23(22-11-10-20-15-19(7-6-12-30)8-9-21(20)16-22)17-24-25(27(32)31(24)26)18(3)37-29(34)36-14-5-2/h4-11,15-16,18,24-25H,1-2,13-14,17H2,3H3/b7-6-/t18-,24-,25-/m1/s1. The number of fused-ring (bicyclic) bond motifs is 2. The number of hydrogen-bond donors (Lipinski definition) is 0. The van der Waals surface area contributed by atoms with Crippen molar-refractivity contribution in [2.45, 2.75) is 25.5 Å². The Morgan fingerprint density at radius 3 is 2.57 bits per heavy atom. The van der Waals surface area contributed by atoms with Crippen LogP contribution in [0.3, 0.4) is 0 Å². The second kappa shape index (κ2) is 11.0. The van der Waals surface area contributed by atoms with E-state index in [4.69, 9.17) is 19.5 Å². The van der Waals surface area contributed by atoms with Gasteiger partial charge >= 0.3 is 12.1 Å². The van der Waals surface area contributed by atoms with E-state index in [1.807, 2.05) is 42.5 Å². The van der Waals surface area contributed by atoms with Gasteiger partial charge in [0.05, 0.1) is 18.0 Å². The molecule has 188 valence electrons. The van der Waals surface area contributed by atoms with Crippen molar-refractivity contribution >= 4 is 40.5 Å². The van der Waals surface area contributed by atoms with Gasteiger partial charge in [0.25, 0.3) is 0 Å². The van der Waals surface area contributed by atoms with E-state index in [2.05, 4.69) is 13.2 Å². The molecule has 0 radical (unpaired) electrons. The molecule has 2 aromatic carbocycles. The Bertz CT molecular complexity index is 1380. The third-order valence-electron chi connectivity index (χ3n) is 6.40. The summed E-state index contributed by atoms with van der Waals surface area (Å²) in [6, 6.07) is 13.2. The van der Waals surface area contributed by atoms with Crippen molar-refractivity contribution in [2.24, 2.45) is 5.92 Å². The number of rotatable bonds is 9. The highest BCUT2D eigenvalue weighted by Crippen LogP contribution is 2.48. The van der Waals surface area contributed by atoms with Crippen LogP contribution in [0.15, 0.2) is 73.5 Å². The molecule has 1 amide bonds. The number of nitrogens with zero attached hydrogens (tertiary/aromatic N) is 2. The minimum absolute atomic E-state index is 0.00276. The minimum atomic E-state index is -0.881. The van der Waals surface area contributed by atoms with E-state index in [9.17, 15) is 14.4 Å². The van der Waals surface area contributed by atoms with E-state index in [-0.39, 0.29) is 30.9 Å². The number of allylic oxidation sites excluding steroid dienone is 1. The summed E-state index contributed by atoms with van der Waals surface area (Å²) in [6.07, 6.45) is 4.81. The van der Waals surface area contributed by atoms with Gasteiger partial charge in [-0.1, -0.05) is 49.6 Å². The van der Waals surface area contributed by atoms with E-state index in [0.29, 0.717) is 12.0 Å². The molecule has 4 rings (SSSR count). The Morgan fingerprint density at radius 2 is 1.84 bits per heavy atom. The van der Waals surface area contributed by atoms with Crippen LogP contribution in [0.1, 0.15) is 24.5 Å². The molecule has 8 nitrogen and oxygen atoms in total. The molecule has 0 N–H and O–H groups in total. The van der Waals surface area contributed by atoms with E-state index < -0.39 is 24.1 Å². The van der Waals surface area contributed by atoms with Crippen LogP contribution >= 0.6 is 0 Å². The summed E-state index contributed by atoms with van der Waals surface area (Å²) in [6.45, 7) is 8.71. The zero-order valence-corrected chi connectivity index (χ0v) is 20.4. The number of hydrogen-bond acceptors (Lipinski definition) is 7. The number of esters is 1. The summed E-state index contributed by atoms with van der Waals surface area (Å²) in [5.74, 6) is -1.55. The van der Waals surface area contributed by atoms with Crippen molar-refractivity contribution < 1.29 is 28.6 Å². The highest BCUT2D eigenvalue weighted by Gasteiger charge is 2.58. The maximum absolute atomic E-state index is 13.2. The number of carbonyl (C=O) groups is 3. The van der Waals surface area contributed by atoms with Gasteiger partial charge < -0.3 is 19.1 Å². The van der Waals surface area contributed by atoms with Crippen LogP contribution in [0.25, 0.3) is 22.4 Å². The number of ether oxygens (including phenoxy) is 3. The van der Waals surface area contributed by atoms with E-state index >= 15 is 0 Å². The van der Waals surface area contributed by atoms with Crippen LogP contribution < -0.4 is 0 Å². The average Bonchev–Trinajstić information content (AvgIpc) is 3.24. The highest BCUT2D eigenvalue weighted by atomic mass is 16.7. The van der Waals surface area contributed by atoms with Gasteiger partial charge in [0.15, 0.2) is 0 Å². The summed E-state index contributed by atoms with van der Waals surface area (Å²) < 4.78 is 15.5. The zero-order chi connectivity index (χ0) is 26.5. The predicted molar refractivity (Wildman–Crippen MR) is 138 cm³/mol. The first-order chi connectivity index (χ1) is 17.9. The largest absolute Gasteiger partial charge is 0.508 e. The third-order valence-corrected chi connectivity index (χ3v) is 6.40. The maximum Gasteiger partial charge on any atom is 0.508 e. The molecule has 0 unspecified atom stereocenters. The lowest BCUT2D eigenvalue weighted by atomic mass is 9.82. The molecular weight excluding hydrogens is 472 g/mol. The Hall–Kier alpha value is -4.64. The van der Waals surface area contributed by atoms with Crippen molar-refractivity contribution in [1.29, 1.82) is 5.26 Å². The first-order valence-electron chi connectivity index (χ1n) is 11.8. The normalized spacial score (nSPS) is 19.1. The SMILES string of the molecule is C=CCOC(=O)O[C@H](C)[C@H]1C(=O)N2C(C(=O)OCC=C)=C(c3ccc4cc(/C=C\C#N)ccc4c3)C[C@H]12. The first kappa shape index (κ1) is 25.5. The highest BCUT2D eigenvalue weighted by molar-refractivity contribution is 6.07. The van der Waals surface area contributed by atoms with E-state index in [1.165, 1.54) is 23.1 Å². The molecule has 37 heavy (non-hydrogen) atoms. The molecule has 2 heterocycles. The van der Waals surface area contributed by atoms with Crippen LogP contribution in [-0.4, -0.2) is 48.3 Å². The molecule has 0 saturated carbocycles. The fourth-order valence-electron chi connectivity index (χ4n) is 4.78. The maximum atomic E-state index is 13.2. The Kier molecular flexibility index (Phi) is 7.54. The number of nitriles is 1. The molecule has 8 heteroatoms. The van der Waals surface area contributed by atoms with Gasteiger partial charge in [0.1, 0.15) is 25.0 Å². The summed E-state index contributed by atoms with van der Waals surface area (Å²) in [4.78, 5) is 39.6. The third kappa shape index (κ3) is 5.02. The number of β-lactam (4-membered cyclic amide) rings is 1. The van der Waals surface area contributed by atoms with Crippen LogP contribution in [0.5, 0.6) is 0 Å². The van der Waals surface area contributed by atoms with Crippen LogP contribution in [-0.2, 0) is 23.8 Å². The molecule has 0 aliphatic carbocycles. The Morgan fingerprint density at radius 1 is 1.14 bits per heavy atom. The second-order valence-corrected chi connectivity index (χ2v) is 8.68. The lowest BCUT2D eigenvalue weighted by molar-refractivity contribution is -0.162. The van der Waals surface area contributed by atoms with E-state index in [0.717, 1.165) is 21.9 Å². The molecule has 2 aromatic rings. The topological polar surface area (TPSA) is 106 Å². The predicted octanol–water partition coefficient (Wildman–Crippen LogP) is 4.78. The van der Waals surface area contributed by atoms with Gasteiger partial charge in [-0.05, 0) is 59.0 Å². The van der Waals surface area contributed by atoms with Gasteiger partial charge in [-0.15, -0.1) is 0 Å². The molecular formula is C29H26N2O6. The van der Waals surface area contributed by atoms with Gasteiger partial charge in [-0.2, -0.15) is 5.26 Å². The van der Waals surface area contributed by atoms with Crippen molar-refractivity contribution in [1.82, 2.24) is 4.90 Å². The van der Waals surface area contributed by atoms with Gasteiger partial charge in [-0.3, -0.25) is 4.79 Å². The van der Waals surface area contributed by atoms with Crippen molar-refractivity contribution in [3.63, 3.8) is 0 Å². The quantitative estimate of drug-likeness (QED) is 0.212. The van der Waals surface area contributed by atoms with Crippen molar-refractivity contribution in [3.8, 4) is 6.07 Å². The van der Waals surface area contributed by atoms with Crippen LogP contribution in [0, 0.1) is 17.2 Å². The van der Waals surface area contributed by atoms with Crippen LogP contribution in [0.2, 0.25) is 0 Å². The molecule has 0 aromatic heterocycles. The molecule has 2 aliphatic heterocycles. The fraction of sp³-hybridized carbons (Fsp3) is 0.241. The summed E-state index contributed by atoms with van der Waals surface area (Å²) in [5.41, 5.74) is 2.57. The molecule has 0 bridgehead atoms. The monoisotopic (exact) mass is 498 g/mol. The molecule has 2 aliphatic rings. The van der Waals surface area contributed by atoms with Crippen molar-refractivity contribution in [3.05, 3.63) is 84.6 Å². The summed E-state index contributed by atoms with van der Waals surface area (Å²) in [7, 11) is 0. The minimum Gasteiger partial charge on any atom is -0.457 e. The number of carbonyl (C=O) groups excluding carboxylic acids is 3. The summed E-state index contributed by atoms with van der Waals surface area (Å²) in [5, 5.41) is 10.7. The lowest BCUT2D eigenvalue weighted by Gasteiger charge is -2.45. The summed E-state index contributed by atoms with van der Waals surface area (Å²) >= 11 is 0. The molecule has 0 spiro atoms. The van der Waals surface area contributed by atoms with E-state index in [1.54, 1.807) is 13.0 Å². The van der Waals surface area contributed by atoms with Gasteiger partial charge in [-0.25, -0.2) is 9.59 Å². The molecule has 3 atom stereocenters. The Labute approximate surface area is 214 Å². The number of amides is 1. The smallest absolute Gasteiger partial charge is 0.457 e. The Balaban J connectivity index is 1.64.